The lowest BCUT2D eigenvalue weighted by Crippen LogP contribution is -2.43. The highest BCUT2D eigenvalue weighted by atomic mass is 35.5. The van der Waals surface area contributed by atoms with E-state index in [4.69, 9.17) is 17.3 Å². The van der Waals surface area contributed by atoms with Crippen LogP contribution in [-0.4, -0.2) is 24.0 Å². The Morgan fingerprint density at radius 2 is 2.06 bits per heavy atom. The maximum absolute atomic E-state index is 6.17. The summed E-state index contributed by atoms with van der Waals surface area (Å²) in [5.74, 6) is 0.854. The number of nitrogens with two attached hydrogens (primary N) is 1. The van der Waals surface area contributed by atoms with E-state index < -0.39 is 0 Å². The summed E-state index contributed by atoms with van der Waals surface area (Å²) < 4.78 is 0.857. The molecule has 0 aliphatic carbocycles. The van der Waals surface area contributed by atoms with Gasteiger partial charge in [-0.25, -0.2) is 0 Å². The minimum atomic E-state index is 0.151. The second kappa shape index (κ2) is 5.70. The summed E-state index contributed by atoms with van der Waals surface area (Å²) in [6, 6.07) is 4.58. The molecule has 96 valence electrons. The monoisotopic (exact) mass is 272 g/mol. The summed E-state index contributed by atoms with van der Waals surface area (Å²) in [6.07, 6.45) is 2.56. The molecular weight excluding hydrogens is 252 g/mol. The molecule has 0 radical (unpaired) electrons. The predicted molar refractivity (Wildman–Crippen MR) is 75.7 cm³/mol. The Kier molecular flexibility index (Phi) is 4.47. The van der Waals surface area contributed by atoms with Crippen LogP contribution in [0.5, 0.6) is 0 Å². The highest BCUT2D eigenvalue weighted by Crippen LogP contribution is 2.34. The van der Waals surface area contributed by atoms with Crippen LogP contribution in [0.25, 0.3) is 0 Å². The van der Waals surface area contributed by atoms with E-state index in [1.54, 1.807) is 11.3 Å². The third-order valence-electron chi connectivity index (χ3n) is 3.60. The molecule has 2 heterocycles. The fourth-order valence-electron chi connectivity index (χ4n) is 2.57. The zero-order valence-corrected chi connectivity index (χ0v) is 12.1. The van der Waals surface area contributed by atoms with Crippen LogP contribution in [0.4, 0.5) is 0 Å². The van der Waals surface area contributed by atoms with Gasteiger partial charge in [-0.3, -0.25) is 4.90 Å². The zero-order chi connectivity index (χ0) is 12.4. The Bertz CT molecular complexity index is 356. The second-order valence-corrected chi connectivity index (χ2v) is 6.91. The van der Waals surface area contributed by atoms with Crippen molar-refractivity contribution in [2.24, 2.45) is 11.7 Å². The smallest absolute Gasteiger partial charge is 0.0931 e. The van der Waals surface area contributed by atoms with E-state index in [0.29, 0.717) is 6.04 Å². The van der Waals surface area contributed by atoms with Crippen LogP contribution < -0.4 is 5.73 Å². The number of piperidine rings is 1. The van der Waals surface area contributed by atoms with Gasteiger partial charge in [-0.1, -0.05) is 18.5 Å². The number of hydrogen-bond acceptors (Lipinski definition) is 3. The van der Waals surface area contributed by atoms with Crippen molar-refractivity contribution in [2.45, 2.75) is 38.8 Å². The number of halogens is 1. The fraction of sp³-hybridized carbons (Fsp3) is 0.692. The molecule has 0 aromatic carbocycles. The topological polar surface area (TPSA) is 29.3 Å². The van der Waals surface area contributed by atoms with E-state index >= 15 is 0 Å². The van der Waals surface area contributed by atoms with Gasteiger partial charge in [0.1, 0.15) is 0 Å². The van der Waals surface area contributed by atoms with Crippen molar-refractivity contribution in [1.29, 1.82) is 0 Å². The summed E-state index contributed by atoms with van der Waals surface area (Å²) in [5.41, 5.74) is 6.17. The van der Waals surface area contributed by atoms with Gasteiger partial charge in [-0.15, -0.1) is 11.3 Å². The van der Waals surface area contributed by atoms with Crippen LogP contribution in [0.15, 0.2) is 12.1 Å². The quantitative estimate of drug-likeness (QED) is 0.912. The zero-order valence-electron chi connectivity index (χ0n) is 10.5. The molecule has 2 rings (SSSR count). The van der Waals surface area contributed by atoms with Gasteiger partial charge in [0.2, 0.25) is 0 Å². The predicted octanol–water partition coefficient (Wildman–Crippen LogP) is 3.52. The van der Waals surface area contributed by atoms with Gasteiger partial charge >= 0.3 is 0 Å². The van der Waals surface area contributed by atoms with Crippen LogP contribution >= 0.6 is 22.9 Å². The van der Waals surface area contributed by atoms with Crippen molar-refractivity contribution in [3.05, 3.63) is 21.3 Å². The van der Waals surface area contributed by atoms with Crippen molar-refractivity contribution >= 4 is 22.9 Å². The summed E-state index contributed by atoms with van der Waals surface area (Å²) in [4.78, 5) is 3.83. The van der Waals surface area contributed by atoms with E-state index in [9.17, 15) is 0 Å². The maximum atomic E-state index is 6.17. The average Bonchev–Trinajstić information content (AvgIpc) is 2.68. The van der Waals surface area contributed by atoms with Crippen LogP contribution in [0, 0.1) is 5.92 Å². The molecule has 1 aliphatic heterocycles. The molecule has 1 aliphatic rings. The molecule has 2 nitrogen and oxygen atoms in total. The molecule has 1 saturated heterocycles. The lowest BCUT2D eigenvalue weighted by molar-refractivity contribution is 0.126. The van der Waals surface area contributed by atoms with Crippen molar-refractivity contribution in [1.82, 2.24) is 4.90 Å². The number of thiophene rings is 1. The van der Waals surface area contributed by atoms with Gasteiger partial charge in [0, 0.05) is 10.9 Å². The molecule has 2 unspecified atom stereocenters. The first kappa shape index (κ1) is 13.3. The second-order valence-electron chi connectivity index (χ2n) is 5.16. The third-order valence-corrected chi connectivity index (χ3v) is 4.90. The molecule has 1 fully saturated rings. The molecule has 1 aromatic heterocycles. The van der Waals surface area contributed by atoms with Crippen molar-refractivity contribution < 1.29 is 0 Å². The molecule has 1 aromatic rings. The Morgan fingerprint density at radius 3 is 2.53 bits per heavy atom. The van der Waals surface area contributed by atoms with Crippen molar-refractivity contribution in [3.8, 4) is 0 Å². The molecule has 0 bridgehead atoms. The highest BCUT2D eigenvalue weighted by molar-refractivity contribution is 7.16. The van der Waals surface area contributed by atoms with E-state index in [0.717, 1.165) is 23.3 Å². The van der Waals surface area contributed by atoms with Crippen molar-refractivity contribution in [3.63, 3.8) is 0 Å². The summed E-state index contributed by atoms with van der Waals surface area (Å²) in [6.45, 7) is 6.74. The first-order valence-corrected chi connectivity index (χ1v) is 7.52. The minimum Gasteiger partial charge on any atom is -0.326 e. The molecular formula is C13H21ClN2S. The lowest BCUT2D eigenvalue weighted by atomic mass is 9.96. The van der Waals surface area contributed by atoms with E-state index in [-0.39, 0.29) is 6.04 Å². The van der Waals surface area contributed by atoms with Gasteiger partial charge < -0.3 is 5.73 Å². The molecule has 0 saturated carbocycles. The lowest BCUT2D eigenvalue weighted by Gasteiger charge is -2.38. The Labute approximate surface area is 113 Å². The normalized spacial score (nSPS) is 22.6. The van der Waals surface area contributed by atoms with Crippen LogP contribution in [0.1, 0.15) is 37.6 Å². The van der Waals surface area contributed by atoms with Gasteiger partial charge in [0.15, 0.2) is 0 Å². The molecule has 4 heteroatoms. The van der Waals surface area contributed by atoms with Gasteiger partial charge in [0.25, 0.3) is 0 Å². The van der Waals surface area contributed by atoms with Crippen LogP contribution in [-0.2, 0) is 0 Å². The van der Waals surface area contributed by atoms with E-state index in [2.05, 4.69) is 24.8 Å². The Morgan fingerprint density at radius 1 is 1.41 bits per heavy atom. The summed E-state index contributed by atoms with van der Waals surface area (Å²) in [7, 11) is 0. The molecule has 17 heavy (non-hydrogen) atoms. The third kappa shape index (κ3) is 3.22. The highest BCUT2D eigenvalue weighted by Gasteiger charge is 2.28. The van der Waals surface area contributed by atoms with Gasteiger partial charge in [-0.05, 0) is 50.9 Å². The Balaban J connectivity index is 2.12. The van der Waals surface area contributed by atoms with Crippen LogP contribution in [0.3, 0.4) is 0 Å². The molecule has 2 N–H and O–H groups in total. The number of nitrogens with zero attached hydrogens (tertiary/aromatic N) is 1. The first-order valence-electron chi connectivity index (χ1n) is 6.33. The fourth-order valence-corrected chi connectivity index (χ4v) is 3.88. The molecule has 0 spiro atoms. The number of likely N-dealkylation sites (tertiary alicyclic amines) is 1. The minimum absolute atomic E-state index is 0.151. The van der Waals surface area contributed by atoms with Gasteiger partial charge in [-0.2, -0.15) is 0 Å². The summed E-state index contributed by atoms with van der Waals surface area (Å²) in [5, 5.41) is 0. The van der Waals surface area contributed by atoms with Crippen LogP contribution in [0.2, 0.25) is 4.34 Å². The maximum Gasteiger partial charge on any atom is 0.0931 e. The number of rotatable bonds is 3. The first-order chi connectivity index (χ1) is 8.08. The van der Waals surface area contributed by atoms with E-state index in [1.807, 2.05) is 6.07 Å². The van der Waals surface area contributed by atoms with E-state index in [1.165, 1.54) is 17.7 Å². The largest absolute Gasteiger partial charge is 0.326 e. The summed E-state index contributed by atoms with van der Waals surface area (Å²) >= 11 is 7.69. The number of hydrogen-bond donors (Lipinski definition) is 1. The average molecular weight is 273 g/mol. The van der Waals surface area contributed by atoms with Gasteiger partial charge in [0.05, 0.1) is 10.4 Å². The Hall–Kier alpha value is -0.0900. The standard InChI is InChI=1S/C13H21ClN2S/c1-9-5-7-16(8-6-9)13(10(2)15)11-3-4-12(14)17-11/h3-4,9-10,13H,5-8,15H2,1-2H3. The van der Waals surface area contributed by atoms with Crippen molar-refractivity contribution in [2.75, 3.05) is 13.1 Å². The molecule has 2 atom stereocenters. The molecule has 0 amide bonds. The SMILES string of the molecule is CC1CCN(C(c2ccc(Cl)s2)C(C)N)CC1.